The van der Waals surface area contributed by atoms with Gasteiger partial charge in [0, 0.05) is 5.56 Å². The fraction of sp³-hybridized carbons (Fsp3) is 0.0588. The summed E-state index contributed by atoms with van der Waals surface area (Å²) >= 11 is 6.38. The molecule has 4 nitrogen and oxygen atoms in total. The quantitative estimate of drug-likeness (QED) is 0.803. The summed E-state index contributed by atoms with van der Waals surface area (Å²) in [6.07, 6.45) is 0. The van der Waals surface area contributed by atoms with Crippen molar-refractivity contribution in [3.8, 4) is 16.9 Å². The van der Waals surface area contributed by atoms with Gasteiger partial charge in [-0.2, -0.15) is 5.10 Å². The Morgan fingerprint density at radius 2 is 1.86 bits per heavy atom. The van der Waals surface area contributed by atoms with Gasteiger partial charge in [-0.1, -0.05) is 53.6 Å². The normalized spacial score (nSPS) is 10.6. The number of halogens is 1. The molecule has 22 heavy (non-hydrogen) atoms. The second-order valence-corrected chi connectivity index (χ2v) is 5.37. The number of carbonyl (C=O) groups is 1. The van der Waals surface area contributed by atoms with E-state index in [0.717, 1.165) is 16.8 Å². The fourth-order valence-electron chi connectivity index (χ4n) is 2.35. The zero-order chi connectivity index (χ0) is 15.7. The highest BCUT2D eigenvalue weighted by Gasteiger charge is 2.22. The van der Waals surface area contributed by atoms with Crippen LogP contribution in [0.4, 0.5) is 0 Å². The smallest absolute Gasteiger partial charge is 0.270 e. The minimum absolute atomic E-state index is 0.0713. The van der Waals surface area contributed by atoms with E-state index in [0.29, 0.717) is 5.69 Å². The van der Waals surface area contributed by atoms with Crippen molar-refractivity contribution in [1.29, 1.82) is 0 Å². The Morgan fingerprint density at radius 3 is 2.50 bits per heavy atom. The first-order valence-corrected chi connectivity index (χ1v) is 7.16. The lowest BCUT2D eigenvalue weighted by Gasteiger charge is -2.08. The number of hydrogen-bond donors (Lipinski definition) is 1. The zero-order valence-electron chi connectivity index (χ0n) is 12.0. The number of nitrogens with two attached hydrogens (primary N) is 1. The minimum atomic E-state index is -0.645. The summed E-state index contributed by atoms with van der Waals surface area (Å²) in [5, 5.41) is 4.56. The molecule has 0 radical (unpaired) electrons. The molecule has 1 amide bonds. The fourth-order valence-corrected chi connectivity index (χ4v) is 2.67. The molecule has 2 aromatic carbocycles. The van der Waals surface area contributed by atoms with Crippen LogP contribution < -0.4 is 5.73 Å². The summed E-state index contributed by atoms with van der Waals surface area (Å²) in [6, 6.07) is 17.4. The van der Waals surface area contributed by atoms with Crippen molar-refractivity contribution in [2.24, 2.45) is 5.73 Å². The highest BCUT2D eigenvalue weighted by Crippen LogP contribution is 2.33. The summed E-state index contributed by atoms with van der Waals surface area (Å²) < 4.78 is 1.65. The predicted octanol–water partition coefficient (Wildman–Crippen LogP) is 3.60. The van der Waals surface area contributed by atoms with Gasteiger partial charge in [-0.05, 0) is 25.1 Å². The molecule has 5 heteroatoms. The Kier molecular flexibility index (Phi) is 3.69. The molecule has 0 unspecified atom stereocenters. The van der Waals surface area contributed by atoms with Crippen molar-refractivity contribution in [1.82, 2.24) is 9.78 Å². The van der Waals surface area contributed by atoms with Gasteiger partial charge in [0.1, 0.15) is 5.02 Å². The van der Waals surface area contributed by atoms with Crippen LogP contribution >= 0.6 is 11.6 Å². The standard InChI is InChI=1S/C17H14ClN3O/c1-11-6-5-7-12(10-11)16-14(18)15(17(19)22)20-21(16)13-8-3-2-4-9-13/h2-10H,1H3,(H2,19,22). The summed E-state index contributed by atoms with van der Waals surface area (Å²) in [4.78, 5) is 11.6. The summed E-state index contributed by atoms with van der Waals surface area (Å²) in [7, 11) is 0. The second-order valence-electron chi connectivity index (χ2n) is 4.99. The lowest BCUT2D eigenvalue weighted by molar-refractivity contribution is 0.0995. The van der Waals surface area contributed by atoms with Crippen LogP contribution in [0.25, 0.3) is 16.9 Å². The van der Waals surface area contributed by atoms with E-state index in [-0.39, 0.29) is 10.7 Å². The van der Waals surface area contributed by atoms with Crippen LogP contribution in [0, 0.1) is 6.92 Å². The molecular formula is C17H14ClN3O. The summed E-state index contributed by atoms with van der Waals surface area (Å²) in [5.74, 6) is -0.645. The maximum absolute atomic E-state index is 11.6. The lowest BCUT2D eigenvalue weighted by Crippen LogP contribution is -2.12. The summed E-state index contributed by atoms with van der Waals surface area (Å²) in [6.45, 7) is 2.00. The molecular weight excluding hydrogens is 298 g/mol. The van der Waals surface area contributed by atoms with Crippen LogP contribution in [0.3, 0.4) is 0 Å². The highest BCUT2D eigenvalue weighted by molar-refractivity contribution is 6.36. The zero-order valence-corrected chi connectivity index (χ0v) is 12.7. The maximum Gasteiger partial charge on any atom is 0.270 e. The van der Waals surface area contributed by atoms with Gasteiger partial charge in [0.25, 0.3) is 5.91 Å². The molecule has 2 N–H and O–H groups in total. The van der Waals surface area contributed by atoms with E-state index in [1.54, 1.807) is 4.68 Å². The molecule has 0 aliphatic heterocycles. The maximum atomic E-state index is 11.6. The van der Waals surface area contributed by atoms with Crippen molar-refractivity contribution < 1.29 is 4.79 Å². The third-order valence-electron chi connectivity index (χ3n) is 3.35. The third kappa shape index (κ3) is 2.49. The molecule has 0 aliphatic carbocycles. The van der Waals surface area contributed by atoms with Gasteiger partial charge >= 0.3 is 0 Å². The van der Waals surface area contributed by atoms with Gasteiger partial charge in [-0.15, -0.1) is 0 Å². The van der Waals surface area contributed by atoms with Crippen molar-refractivity contribution in [2.75, 3.05) is 0 Å². The van der Waals surface area contributed by atoms with E-state index in [1.807, 2.05) is 61.5 Å². The Labute approximate surface area is 133 Å². The van der Waals surface area contributed by atoms with E-state index in [9.17, 15) is 4.79 Å². The Morgan fingerprint density at radius 1 is 1.14 bits per heavy atom. The van der Waals surface area contributed by atoms with E-state index in [2.05, 4.69) is 5.10 Å². The number of primary amides is 1. The number of carbonyl (C=O) groups excluding carboxylic acids is 1. The Hall–Kier alpha value is -2.59. The number of rotatable bonds is 3. The SMILES string of the molecule is Cc1cccc(-c2c(Cl)c(C(N)=O)nn2-c2ccccc2)c1. The van der Waals surface area contributed by atoms with Crippen molar-refractivity contribution in [2.45, 2.75) is 6.92 Å². The van der Waals surface area contributed by atoms with Crippen LogP contribution in [0.15, 0.2) is 54.6 Å². The average Bonchev–Trinajstić information content (AvgIpc) is 2.86. The van der Waals surface area contributed by atoms with Crippen LogP contribution in [0.1, 0.15) is 16.1 Å². The molecule has 0 fully saturated rings. The van der Waals surface area contributed by atoms with Crippen LogP contribution in [0.5, 0.6) is 0 Å². The molecule has 0 saturated heterocycles. The van der Waals surface area contributed by atoms with Crippen molar-refractivity contribution in [3.05, 3.63) is 70.9 Å². The number of para-hydroxylation sites is 1. The van der Waals surface area contributed by atoms with Gasteiger partial charge < -0.3 is 5.73 Å². The number of aryl methyl sites for hydroxylation is 1. The topological polar surface area (TPSA) is 60.9 Å². The first-order valence-electron chi connectivity index (χ1n) is 6.78. The van der Waals surface area contributed by atoms with Gasteiger partial charge in [0.2, 0.25) is 0 Å². The number of amides is 1. The molecule has 3 rings (SSSR count). The lowest BCUT2D eigenvalue weighted by atomic mass is 10.1. The molecule has 0 bridgehead atoms. The monoisotopic (exact) mass is 311 g/mol. The summed E-state index contributed by atoms with van der Waals surface area (Å²) in [5.41, 5.74) is 8.90. The van der Waals surface area contributed by atoms with Gasteiger partial charge in [0.15, 0.2) is 5.69 Å². The van der Waals surface area contributed by atoms with Crippen molar-refractivity contribution in [3.63, 3.8) is 0 Å². The average molecular weight is 312 g/mol. The molecule has 1 heterocycles. The van der Waals surface area contributed by atoms with E-state index >= 15 is 0 Å². The van der Waals surface area contributed by atoms with Gasteiger partial charge in [-0.3, -0.25) is 4.79 Å². The Balaban J connectivity index is 2.30. The minimum Gasteiger partial charge on any atom is -0.364 e. The van der Waals surface area contributed by atoms with Gasteiger partial charge in [-0.25, -0.2) is 4.68 Å². The first kappa shape index (κ1) is 14.4. The van der Waals surface area contributed by atoms with E-state index in [1.165, 1.54) is 0 Å². The molecule has 1 aromatic heterocycles. The molecule has 0 spiro atoms. The van der Waals surface area contributed by atoms with Crippen LogP contribution in [0.2, 0.25) is 5.02 Å². The molecule has 0 aliphatic rings. The van der Waals surface area contributed by atoms with Crippen LogP contribution in [-0.2, 0) is 0 Å². The molecule has 0 saturated carbocycles. The first-order chi connectivity index (χ1) is 10.6. The van der Waals surface area contributed by atoms with E-state index in [4.69, 9.17) is 17.3 Å². The van der Waals surface area contributed by atoms with Crippen molar-refractivity contribution >= 4 is 17.5 Å². The Bertz CT molecular complexity index is 840. The third-order valence-corrected chi connectivity index (χ3v) is 3.71. The largest absolute Gasteiger partial charge is 0.364 e. The number of benzene rings is 2. The molecule has 3 aromatic rings. The molecule has 110 valence electrons. The number of hydrogen-bond acceptors (Lipinski definition) is 2. The second kappa shape index (κ2) is 5.66. The molecule has 0 atom stereocenters. The number of aromatic nitrogens is 2. The predicted molar refractivity (Wildman–Crippen MR) is 87.3 cm³/mol. The van der Waals surface area contributed by atoms with Crippen LogP contribution in [-0.4, -0.2) is 15.7 Å². The van der Waals surface area contributed by atoms with Gasteiger partial charge in [0.05, 0.1) is 11.4 Å². The highest BCUT2D eigenvalue weighted by atomic mass is 35.5. The number of nitrogens with zero attached hydrogens (tertiary/aromatic N) is 2. The van der Waals surface area contributed by atoms with E-state index < -0.39 is 5.91 Å².